The van der Waals surface area contributed by atoms with Crippen LogP contribution in [0.4, 0.5) is 0 Å². The zero-order valence-electron chi connectivity index (χ0n) is 24.2. The largest absolute Gasteiger partial charge is 0.491 e. The Hall–Kier alpha value is -1.78. The minimum absolute atomic E-state index is 0.0481. The van der Waals surface area contributed by atoms with Crippen LogP contribution < -0.4 is 5.32 Å². The summed E-state index contributed by atoms with van der Waals surface area (Å²) in [5.41, 5.74) is 3.51. The molecule has 5 rings (SSSR count). The van der Waals surface area contributed by atoms with Gasteiger partial charge in [-0.25, -0.2) is 0 Å². The van der Waals surface area contributed by atoms with Crippen LogP contribution >= 0.6 is 0 Å². The van der Waals surface area contributed by atoms with Gasteiger partial charge in [-0.2, -0.15) is 0 Å². The molecule has 1 N–H and O–H groups in total. The monoisotopic (exact) mass is 511 g/mol. The Labute approximate surface area is 224 Å². The molecular formula is C32H49NO4. The van der Waals surface area contributed by atoms with Crippen molar-refractivity contribution < 1.29 is 19.1 Å². The summed E-state index contributed by atoms with van der Waals surface area (Å²) in [4.78, 5) is 22.9. The maximum absolute atomic E-state index is 11.6. The summed E-state index contributed by atoms with van der Waals surface area (Å²) in [5.74, 6) is 4.22. The third-order valence-corrected chi connectivity index (χ3v) is 11.5. The molecule has 3 saturated carbocycles. The first-order chi connectivity index (χ1) is 17.4. The van der Waals surface area contributed by atoms with Crippen molar-refractivity contribution >= 4 is 11.9 Å². The second-order valence-corrected chi connectivity index (χ2v) is 14.0. The highest BCUT2D eigenvalue weighted by atomic mass is 16.5. The molecule has 0 saturated heterocycles. The maximum Gasteiger partial charge on any atom is 0.302 e. The van der Waals surface area contributed by atoms with Crippen molar-refractivity contribution in [2.45, 2.75) is 118 Å². The molecule has 1 aliphatic heterocycles. The van der Waals surface area contributed by atoms with E-state index in [4.69, 9.17) is 9.47 Å². The molecule has 37 heavy (non-hydrogen) atoms. The van der Waals surface area contributed by atoms with Crippen LogP contribution in [0.25, 0.3) is 0 Å². The highest BCUT2D eigenvalue weighted by molar-refractivity contribution is 5.72. The molecule has 0 radical (unpaired) electrons. The van der Waals surface area contributed by atoms with Gasteiger partial charge in [-0.3, -0.25) is 9.59 Å². The standard InChI is InChI=1S/C32H49NO4/c1-19(18-33-21(3)34)8-11-28-20(2)29-31(6)15-13-26-25(27(31)17-32(29,7)37-28)10-9-23-16-24(36-22(4)35)12-14-30(23,26)5/h9,19,24-27,29H,8,10-18H2,1-7H3,(H,33,34)/t19-,24+,25+,26-,27+,29-,30+,31-,32-/m1/s1. The van der Waals surface area contributed by atoms with Gasteiger partial charge in [-0.05, 0) is 98.9 Å². The predicted octanol–water partition coefficient (Wildman–Crippen LogP) is 6.72. The summed E-state index contributed by atoms with van der Waals surface area (Å²) in [6.45, 7) is 15.9. The normalized spacial score (nSPS) is 43.0. The topological polar surface area (TPSA) is 64.6 Å². The number of carbonyl (C=O) groups is 2. The zero-order valence-corrected chi connectivity index (χ0v) is 24.2. The van der Waals surface area contributed by atoms with Crippen LogP contribution in [0.5, 0.6) is 0 Å². The molecule has 1 amide bonds. The number of hydrogen-bond acceptors (Lipinski definition) is 4. The summed E-state index contributed by atoms with van der Waals surface area (Å²) in [6.07, 6.45) is 12.6. The van der Waals surface area contributed by atoms with Crippen molar-refractivity contribution in [3.8, 4) is 0 Å². The first kappa shape index (κ1) is 26.8. The number of fused-ring (bicyclic) bond motifs is 7. The summed E-state index contributed by atoms with van der Waals surface area (Å²) >= 11 is 0. The van der Waals surface area contributed by atoms with Gasteiger partial charge in [0, 0.05) is 39.2 Å². The third kappa shape index (κ3) is 4.46. The van der Waals surface area contributed by atoms with Crippen LogP contribution in [0, 0.1) is 40.4 Å². The Kier molecular flexibility index (Phi) is 6.85. The molecule has 0 unspecified atom stereocenters. The number of amides is 1. The Morgan fingerprint density at radius 3 is 2.62 bits per heavy atom. The van der Waals surface area contributed by atoms with Crippen LogP contribution in [-0.2, 0) is 19.1 Å². The molecule has 0 aromatic rings. The van der Waals surface area contributed by atoms with E-state index in [0.717, 1.165) is 56.9 Å². The van der Waals surface area contributed by atoms with Gasteiger partial charge in [-0.15, -0.1) is 0 Å². The molecule has 1 heterocycles. The minimum Gasteiger partial charge on any atom is -0.491 e. The number of carbonyl (C=O) groups excluding carboxylic acids is 2. The molecule has 206 valence electrons. The van der Waals surface area contributed by atoms with Crippen molar-refractivity contribution in [3.63, 3.8) is 0 Å². The third-order valence-electron chi connectivity index (χ3n) is 11.5. The van der Waals surface area contributed by atoms with Crippen molar-refractivity contribution in [2.24, 2.45) is 40.4 Å². The van der Waals surface area contributed by atoms with Gasteiger partial charge in [0.15, 0.2) is 0 Å². The van der Waals surface area contributed by atoms with E-state index in [0.29, 0.717) is 23.2 Å². The first-order valence-corrected chi connectivity index (χ1v) is 14.9. The molecular weight excluding hydrogens is 462 g/mol. The van der Waals surface area contributed by atoms with Crippen molar-refractivity contribution in [3.05, 3.63) is 23.0 Å². The summed E-state index contributed by atoms with van der Waals surface area (Å²) in [5, 5.41) is 2.96. The van der Waals surface area contributed by atoms with E-state index in [1.807, 2.05) is 0 Å². The fourth-order valence-electron chi connectivity index (χ4n) is 9.93. The second-order valence-electron chi connectivity index (χ2n) is 14.0. The number of allylic oxidation sites excluding steroid dienone is 2. The van der Waals surface area contributed by atoms with E-state index in [1.54, 1.807) is 12.5 Å². The van der Waals surface area contributed by atoms with Crippen LogP contribution in [0.1, 0.15) is 106 Å². The Balaban J connectivity index is 1.32. The van der Waals surface area contributed by atoms with E-state index in [1.165, 1.54) is 37.5 Å². The number of nitrogens with one attached hydrogen (secondary N) is 1. The number of esters is 1. The Morgan fingerprint density at radius 1 is 1.16 bits per heavy atom. The van der Waals surface area contributed by atoms with Crippen molar-refractivity contribution in [2.75, 3.05) is 6.54 Å². The lowest BCUT2D eigenvalue weighted by atomic mass is 9.47. The van der Waals surface area contributed by atoms with E-state index >= 15 is 0 Å². The molecule has 0 aromatic carbocycles. The molecule has 5 heteroatoms. The van der Waals surface area contributed by atoms with Gasteiger partial charge in [0.05, 0.1) is 5.76 Å². The van der Waals surface area contributed by atoms with Crippen LogP contribution in [0.3, 0.4) is 0 Å². The molecule has 5 nitrogen and oxygen atoms in total. The quantitative estimate of drug-likeness (QED) is 0.317. The van der Waals surface area contributed by atoms with Crippen molar-refractivity contribution in [1.82, 2.24) is 5.32 Å². The molecule has 9 atom stereocenters. The fraction of sp³-hybridized carbons (Fsp3) is 0.812. The zero-order chi connectivity index (χ0) is 26.8. The lowest BCUT2D eigenvalue weighted by Crippen LogP contribution is -2.50. The molecule has 3 fully saturated rings. The molecule has 5 aliphatic rings. The summed E-state index contributed by atoms with van der Waals surface area (Å²) in [6, 6.07) is 0. The Morgan fingerprint density at radius 2 is 1.92 bits per heavy atom. The SMILES string of the molecule is CC(=O)NC[C@H](C)CCC1=C(C)[C@@H]2[C@]3(C)CC[C@@H]4[C@H](CC=C5C[C@@H](OC(C)=O)CC[C@@]54C)[C@@H]3C[C@@]2(C)O1. The van der Waals surface area contributed by atoms with E-state index in [9.17, 15) is 9.59 Å². The van der Waals surface area contributed by atoms with Gasteiger partial charge < -0.3 is 14.8 Å². The minimum atomic E-state index is -0.146. The van der Waals surface area contributed by atoms with Gasteiger partial charge in [0.2, 0.25) is 5.91 Å². The average Bonchev–Trinajstić information content (AvgIpc) is 3.22. The Bertz CT molecular complexity index is 1010. The number of rotatable bonds is 6. The highest BCUT2D eigenvalue weighted by Gasteiger charge is 2.67. The van der Waals surface area contributed by atoms with Gasteiger partial charge in [0.1, 0.15) is 11.7 Å². The van der Waals surface area contributed by atoms with Gasteiger partial charge >= 0.3 is 5.97 Å². The van der Waals surface area contributed by atoms with Crippen LogP contribution in [0.2, 0.25) is 0 Å². The first-order valence-electron chi connectivity index (χ1n) is 14.9. The molecule has 0 bridgehead atoms. The lowest BCUT2D eigenvalue weighted by molar-refractivity contribution is -0.148. The summed E-state index contributed by atoms with van der Waals surface area (Å²) < 4.78 is 12.5. The number of hydrogen-bond donors (Lipinski definition) is 1. The van der Waals surface area contributed by atoms with Gasteiger partial charge in [0.25, 0.3) is 0 Å². The molecule has 4 aliphatic carbocycles. The maximum atomic E-state index is 11.6. The molecule has 0 aromatic heterocycles. The number of ether oxygens (including phenoxy) is 2. The fourth-order valence-corrected chi connectivity index (χ4v) is 9.93. The summed E-state index contributed by atoms with van der Waals surface area (Å²) in [7, 11) is 0. The average molecular weight is 512 g/mol. The highest BCUT2D eigenvalue weighted by Crippen LogP contribution is 2.71. The van der Waals surface area contributed by atoms with E-state index in [-0.39, 0.29) is 29.0 Å². The van der Waals surface area contributed by atoms with E-state index < -0.39 is 0 Å². The van der Waals surface area contributed by atoms with Crippen LogP contribution in [-0.4, -0.2) is 30.1 Å². The predicted molar refractivity (Wildman–Crippen MR) is 145 cm³/mol. The second kappa shape index (κ2) is 9.45. The lowest BCUT2D eigenvalue weighted by Gasteiger charge is -2.58. The molecule has 0 spiro atoms. The van der Waals surface area contributed by atoms with Crippen LogP contribution in [0.15, 0.2) is 23.0 Å². The van der Waals surface area contributed by atoms with Crippen molar-refractivity contribution in [1.29, 1.82) is 0 Å². The van der Waals surface area contributed by atoms with E-state index in [2.05, 4.69) is 46.0 Å². The van der Waals surface area contributed by atoms with Gasteiger partial charge in [-0.1, -0.05) is 32.4 Å². The smallest absolute Gasteiger partial charge is 0.302 e.